The van der Waals surface area contributed by atoms with Crippen LogP contribution < -0.4 is 0 Å². The molecule has 0 aliphatic carbocycles. The van der Waals surface area contributed by atoms with Crippen molar-refractivity contribution in [1.82, 2.24) is 0 Å². The quantitative estimate of drug-likeness (QED) is 0.899. The lowest BCUT2D eigenvalue weighted by Gasteiger charge is -2.10. The minimum atomic E-state index is -0.592. The van der Waals surface area contributed by atoms with Crippen molar-refractivity contribution in [2.45, 2.75) is 25.4 Å². The molecule has 0 spiro atoms. The van der Waals surface area contributed by atoms with E-state index in [1.54, 1.807) is 24.5 Å². The Bertz CT molecular complexity index is 497. The highest BCUT2D eigenvalue weighted by molar-refractivity contribution is 6.30. The predicted octanol–water partition coefficient (Wildman–Crippen LogP) is 3.61. The van der Waals surface area contributed by atoms with Crippen LogP contribution in [0.4, 0.5) is 4.39 Å². The highest BCUT2D eigenvalue weighted by Crippen LogP contribution is 2.17. The van der Waals surface area contributed by atoms with E-state index in [1.807, 2.05) is 6.07 Å². The first-order valence-electron chi connectivity index (χ1n) is 5.79. The summed E-state index contributed by atoms with van der Waals surface area (Å²) >= 11 is 5.67. The Balaban J connectivity index is 1.88. The van der Waals surface area contributed by atoms with Gasteiger partial charge in [0.25, 0.3) is 0 Å². The van der Waals surface area contributed by atoms with Crippen molar-refractivity contribution in [3.63, 3.8) is 0 Å². The molecule has 0 saturated carbocycles. The third-order valence-corrected chi connectivity index (χ3v) is 3.01. The zero-order valence-electron chi connectivity index (χ0n) is 9.77. The lowest BCUT2D eigenvalue weighted by molar-refractivity contribution is 0.161. The number of aryl methyl sites for hydroxylation is 1. The summed E-state index contributed by atoms with van der Waals surface area (Å²) in [5.41, 5.74) is 0.478. The van der Waals surface area contributed by atoms with Gasteiger partial charge in [0.15, 0.2) is 0 Å². The molecule has 0 radical (unpaired) electrons. The third-order valence-electron chi connectivity index (χ3n) is 2.77. The van der Waals surface area contributed by atoms with Crippen molar-refractivity contribution in [3.05, 3.63) is 58.8 Å². The van der Waals surface area contributed by atoms with E-state index in [4.69, 9.17) is 16.0 Å². The minimum Gasteiger partial charge on any atom is -0.469 e. The second kappa shape index (κ2) is 6.03. The molecule has 1 heterocycles. The van der Waals surface area contributed by atoms with Crippen molar-refractivity contribution < 1.29 is 13.9 Å². The van der Waals surface area contributed by atoms with E-state index in [0.717, 1.165) is 5.76 Å². The summed E-state index contributed by atoms with van der Waals surface area (Å²) in [4.78, 5) is 0. The third kappa shape index (κ3) is 3.59. The summed E-state index contributed by atoms with van der Waals surface area (Å²) in [6.07, 6.45) is 2.47. The van der Waals surface area contributed by atoms with E-state index in [1.165, 1.54) is 6.07 Å². The number of aliphatic hydroxyl groups excluding tert-OH is 1. The average Bonchev–Trinajstić information content (AvgIpc) is 2.83. The van der Waals surface area contributed by atoms with Crippen LogP contribution in [0.15, 0.2) is 41.0 Å². The van der Waals surface area contributed by atoms with Crippen molar-refractivity contribution in [3.8, 4) is 0 Å². The fraction of sp³-hybridized carbons (Fsp3) is 0.286. The van der Waals surface area contributed by atoms with Crippen LogP contribution in [0.3, 0.4) is 0 Å². The minimum absolute atomic E-state index is 0.281. The molecule has 0 saturated heterocycles. The van der Waals surface area contributed by atoms with E-state index in [-0.39, 0.29) is 12.2 Å². The molecule has 1 aromatic heterocycles. The van der Waals surface area contributed by atoms with Gasteiger partial charge in [-0.2, -0.15) is 0 Å². The fourth-order valence-electron chi connectivity index (χ4n) is 1.81. The van der Waals surface area contributed by atoms with Crippen molar-refractivity contribution in [2.75, 3.05) is 0 Å². The Morgan fingerprint density at radius 1 is 1.33 bits per heavy atom. The van der Waals surface area contributed by atoms with Gasteiger partial charge in [-0.25, -0.2) is 4.39 Å². The van der Waals surface area contributed by atoms with Gasteiger partial charge in [0, 0.05) is 17.9 Å². The number of benzene rings is 1. The largest absolute Gasteiger partial charge is 0.469 e. The van der Waals surface area contributed by atoms with Gasteiger partial charge in [-0.15, -0.1) is 0 Å². The topological polar surface area (TPSA) is 33.4 Å². The number of halogens is 2. The molecule has 0 fully saturated rings. The van der Waals surface area contributed by atoms with Crippen LogP contribution in [-0.2, 0) is 12.8 Å². The maximum Gasteiger partial charge on any atom is 0.127 e. The van der Waals surface area contributed by atoms with Gasteiger partial charge in [0.05, 0.1) is 12.4 Å². The average molecular weight is 269 g/mol. The molecule has 0 bridgehead atoms. The number of aliphatic hydroxyl groups is 1. The first kappa shape index (κ1) is 13.1. The van der Waals surface area contributed by atoms with Crippen LogP contribution in [0, 0.1) is 5.82 Å². The van der Waals surface area contributed by atoms with E-state index >= 15 is 0 Å². The summed E-state index contributed by atoms with van der Waals surface area (Å²) in [5.74, 6) is 0.449. The standard InChI is InChI=1S/C14H14ClFO2/c15-11-4-3-10(14(16)9-11)8-12(17)5-6-13-2-1-7-18-13/h1-4,7,9,12,17H,5-6,8H2. The van der Waals surface area contributed by atoms with Crippen molar-refractivity contribution in [1.29, 1.82) is 0 Å². The molecular weight excluding hydrogens is 255 g/mol. The molecule has 1 aromatic carbocycles. The molecule has 1 unspecified atom stereocenters. The molecule has 2 aromatic rings. The van der Waals surface area contributed by atoms with Gasteiger partial charge >= 0.3 is 0 Å². The maximum absolute atomic E-state index is 13.5. The van der Waals surface area contributed by atoms with Gasteiger partial charge < -0.3 is 9.52 Å². The molecule has 0 aliphatic rings. The lowest BCUT2D eigenvalue weighted by atomic mass is 10.0. The number of hydrogen-bond acceptors (Lipinski definition) is 2. The Morgan fingerprint density at radius 3 is 2.83 bits per heavy atom. The lowest BCUT2D eigenvalue weighted by Crippen LogP contribution is -2.12. The van der Waals surface area contributed by atoms with E-state index in [2.05, 4.69) is 0 Å². The smallest absolute Gasteiger partial charge is 0.127 e. The van der Waals surface area contributed by atoms with Gasteiger partial charge in [-0.3, -0.25) is 0 Å². The van der Waals surface area contributed by atoms with E-state index in [9.17, 15) is 9.50 Å². The molecule has 96 valence electrons. The second-order valence-electron chi connectivity index (χ2n) is 4.21. The van der Waals surface area contributed by atoms with Crippen LogP contribution in [-0.4, -0.2) is 11.2 Å². The highest BCUT2D eigenvalue weighted by Gasteiger charge is 2.10. The molecule has 1 N–H and O–H groups in total. The SMILES string of the molecule is OC(CCc1ccco1)Cc1ccc(Cl)cc1F. The summed E-state index contributed by atoms with van der Waals surface area (Å²) in [6.45, 7) is 0. The maximum atomic E-state index is 13.5. The fourth-order valence-corrected chi connectivity index (χ4v) is 1.97. The van der Waals surface area contributed by atoms with E-state index in [0.29, 0.717) is 23.4 Å². The second-order valence-corrected chi connectivity index (χ2v) is 4.65. The molecule has 1 atom stereocenters. The normalized spacial score (nSPS) is 12.6. The first-order valence-corrected chi connectivity index (χ1v) is 6.17. The van der Waals surface area contributed by atoms with Crippen molar-refractivity contribution in [2.24, 2.45) is 0 Å². The predicted molar refractivity (Wildman–Crippen MR) is 68.1 cm³/mol. The Hall–Kier alpha value is -1.32. The Labute approximate surface area is 110 Å². The molecule has 2 nitrogen and oxygen atoms in total. The van der Waals surface area contributed by atoms with Crippen LogP contribution in [0.25, 0.3) is 0 Å². The molecule has 2 rings (SSSR count). The first-order chi connectivity index (χ1) is 8.65. The number of hydrogen-bond donors (Lipinski definition) is 1. The number of furan rings is 1. The molecular formula is C14H14ClFO2. The van der Waals surface area contributed by atoms with E-state index < -0.39 is 6.10 Å². The zero-order chi connectivity index (χ0) is 13.0. The molecule has 0 amide bonds. The van der Waals surface area contributed by atoms with Gasteiger partial charge in [0.2, 0.25) is 0 Å². The van der Waals surface area contributed by atoms with Crippen LogP contribution >= 0.6 is 11.6 Å². The summed E-state index contributed by atoms with van der Waals surface area (Å²) in [5, 5.41) is 10.2. The zero-order valence-corrected chi connectivity index (χ0v) is 10.5. The number of rotatable bonds is 5. The molecule has 4 heteroatoms. The molecule has 0 aliphatic heterocycles. The Kier molecular flexibility index (Phi) is 4.39. The van der Waals surface area contributed by atoms with Crippen LogP contribution in [0.2, 0.25) is 5.02 Å². The van der Waals surface area contributed by atoms with Gasteiger partial charge in [0.1, 0.15) is 11.6 Å². The highest BCUT2D eigenvalue weighted by atomic mass is 35.5. The van der Waals surface area contributed by atoms with Crippen LogP contribution in [0.1, 0.15) is 17.7 Å². The van der Waals surface area contributed by atoms with Gasteiger partial charge in [-0.1, -0.05) is 17.7 Å². The molecule has 18 heavy (non-hydrogen) atoms. The summed E-state index contributed by atoms with van der Waals surface area (Å²) in [6, 6.07) is 8.15. The summed E-state index contributed by atoms with van der Waals surface area (Å²) < 4.78 is 18.7. The summed E-state index contributed by atoms with van der Waals surface area (Å²) in [7, 11) is 0. The van der Waals surface area contributed by atoms with Crippen LogP contribution in [0.5, 0.6) is 0 Å². The van der Waals surface area contributed by atoms with Gasteiger partial charge in [-0.05, 0) is 36.2 Å². The van der Waals surface area contributed by atoms with Crippen molar-refractivity contribution >= 4 is 11.6 Å². The monoisotopic (exact) mass is 268 g/mol. The Morgan fingerprint density at radius 2 is 2.17 bits per heavy atom.